The summed E-state index contributed by atoms with van der Waals surface area (Å²) < 4.78 is 11.5. The van der Waals surface area contributed by atoms with Gasteiger partial charge in [-0.2, -0.15) is 0 Å². The van der Waals surface area contributed by atoms with Crippen LogP contribution >= 0.6 is 0 Å². The maximum Gasteiger partial charge on any atom is 0.410 e. The quantitative estimate of drug-likeness (QED) is 0.790. The van der Waals surface area contributed by atoms with Crippen molar-refractivity contribution in [2.24, 2.45) is 5.73 Å². The lowest BCUT2D eigenvalue weighted by Crippen LogP contribution is -2.42. The molecule has 6 nitrogen and oxygen atoms in total. The summed E-state index contributed by atoms with van der Waals surface area (Å²) in [4.78, 5) is 14.6. The molecule has 0 saturated carbocycles. The van der Waals surface area contributed by atoms with Crippen LogP contribution < -0.4 is 16.2 Å². The average Bonchev–Trinajstić information content (AvgIpc) is 2.54. The predicted octanol–water partition coefficient (Wildman–Crippen LogP) is 3.98. The van der Waals surface area contributed by atoms with Crippen molar-refractivity contribution < 1.29 is 14.3 Å². The van der Waals surface area contributed by atoms with E-state index in [-0.39, 0.29) is 18.2 Å². The Balaban J connectivity index is 2.40. The fraction of sp³-hybridized carbons (Fsp3) is 0.650. The third-order valence-electron chi connectivity index (χ3n) is 4.34. The number of nitrogens with zero attached hydrogens (tertiary/aromatic N) is 1. The van der Waals surface area contributed by atoms with Gasteiger partial charge in [0, 0.05) is 13.1 Å². The number of nitrogens with two attached hydrogens (primary N) is 2. The molecule has 1 aromatic rings. The van der Waals surface area contributed by atoms with E-state index < -0.39 is 5.60 Å². The van der Waals surface area contributed by atoms with Crippen molar-refractivity contribution in [2.75, 3.05) is 12.3 Å². The van der Waals surface area contributed by atoms with Gasteiger partial charge in [-0.15, -0.1) is 0 Å². The van der Waals surface area contributed by atoms with Crippen LogP contribution in [-0.4, -0.2) is 29.2 Å². The lowest BCUT2D eigenvalue weighted by atomic mass is 9.91. The van der Waals surface area contributed by atoms with Gasteiger partial charge in [0.1, 0.15) is 11.4 Å². The normalized spacial score (nSPS) is 18.1. The number of piperidine rings is 1. The molecule has 1 heterocycles. The van der Waals surface area contributed by atoms with E-state index in [9.17, 15) is 4.79 Å². The third-order valence-corrected chi connectivity index (χ3v) is 4.34. The van der Waals surface area contributed by atoms with Crippen molar-refractivity contribution in [1.29, 1.82) is 0 Å². The van der Waals surface area contributed by atoms with Crippen LogP contribution in [0.2, 0.25) is 0 Å². The Bertz CT molecular complexity index is 638. The molecule has 26 heavy (non-hydrogen) atoms. The van der Waals surface area contributed by atoms with Gasteiger partial charge in [-0.1, -0.05) is 0 Å². The number of nitrogen functional groups attached to an aromatic ring is 1. The highest BCUT2D eigenvalue weighted by Gasteiger charge is 2.33. The lowest BCUT2D eigenvalue weighted by molar-refractivity contribution is 0.00938. The van der Waals surface area contributed by atoms with Gasteiger partial charge in [0.05, 0.1) is 17.8 Å². The number of amides is 1. The number of carbonyl (C=O) groups is 1. The SMILES string of the molecule is CC(C)Oc1cc(C2CCCCN2C(=O)OC(C)(C)C)c(CN)cc1N. The Kier molecular flexibility index (Phi) is 6.39. The molecule has 0 aliphatic carbocycles. The van der Waals surface area contributed by atoms with Gasteiger partial charge < -0.3 is 25.8 Å². The number of hydrogen-bond donors (Lipinski definition) is 2. The predicted molar refractivity (Wildman–Crippen MR) is 104 cm³/mol. The molecule has 0 spiro atoms. The van der Waals surface area contributed by atoms with Crippen LogP contribution in [0.15, 0.2) is 12.1 Å². The third kappa shape index (κ3) is 5.04. The van der Waals surface area contributed by atoms with Crippen molar-refractivity contribution in [3.63, 3.8) is 0 Å². The van der Waals surface area contributed by atoms with E-state index in [1.54, 1.807) is 0 Å². The van der Waals surface area contributed by atoms with E-state index in [1.165, 1.54) is 0 Å². The zero-order valence-electron chi connectivity index (χ0n) is 16.7. The molecule has 0 radical (unpaired) electrons. The van der Waals surface area contributed by atoms with Crippen LogP contribution in [0.1, 0.15) is 71.0 Å². The van der Waals surface area contributed by atoms with Crippen LogP contribution in [0, 0.1) is 0 Å². The van der Waals surface area contributed by atoms with E-state index in [2.05, 4.69) is 0 Å². The van der Waals surface area contributed by atoms with Gasteiger partial charge in [-0.25, -0.2) is 4.79 Å². The Morgan fingerprint density at radius 1 is 1.31 bits per heavy atom. The van der Waals surface area contributed by atoms with Gasteiger partial charge >= 0.3 is 6.09 Å². The minimum atomic E-state index is -0.525. The summed E-state index contributed by atoms with van der Waals surface area (Å²) in [7, 11) is 0. The van der Waals surface area contributed by atoms with Gasteiger partial charge in [-0.3, -0.25) is 0 Å². The topological polar surface area (TPSA) is 90.8 Å². The van der Waals surface area contributed by atoms with Crippen LogP contribution in [0.5, 0.6) is 5.75 Å². The zero-order valence-corrected chi connectivity index (χ0v) is 16.7. The molecule has 1 saturated heterocycles. The molecule has 1 atom stereocenters. The van der Waals surface area contributed by atoms with E-state index in [0.717, 1.165) is 30.4 Å². The summed E-state index contributed by atoms with van der Waals surface area (Å²) >= 11 is 0. The molecule has 0 bridgehead atoms. The summed E-state index contributed by atoms with van der Waals surface area (Å²) in [5.74, 6) is 0.641. The summed E-state index contributed by atoms with van der Waals surface area (Å²) in [5, 5.41) is 0. The number of carbonyl (C=O) groups excluding carboxylic acids is 1. The van der Waals surface area contributed by atoms with Crippen molar-refractivity contribution >= 4 is 11.8 Å². The molecule has 6 heteroatoms. The molecule has 1 unspecified atom stereocenters. The number of ether oxygens (including phenoxy) is 2. The summed E-state index contributed by atoms with van der Waals surface area (Å²) in [5.41, 5.74) is 14.1. The smallest absolute Gasteiger partial charge is 0.410 e. The van der Waals surface area contributed by atoms with E-state index in [1.807, 2.05) is 51.7 Å². The van der Waals surface area contributed by atoms with Crippen molar-refractivity contribution in [3.05, 3.63) is 23.3 Å². The molecule has 1 amide bonds. The number of rotatable bonds is 4. The van der Waals surface area contributed by atoms with Crippen molar-refractivity contribution in [1.82, 2.24) is 4.90 Å². The second-order valence-electron chi connectivity index (χ2n) is 8.14. The second kappa shape index (κ2) is 8.16. The molecular weight excluding hydrogens is 330 g/mol. The molecular formula is C20H33N3O3. The first-order valence-corrected chi connectivity index (χ1v) is 9.41. The number of benzene rings is 1. The molecule has 1 fully saturated rings. The largest absolute Gasteiger partial charge is 0.489 e. The minimum Gasteiger partial charge on any atom is -0.489 e. The van der Waals surface area contributed by atoms with Gasteiger partial charge in [0.15, 0.2) is 0 Å². The first-order valence-electron chi connectivity index (χ1n) is 9.41. The first kappa shape index (κ1) is 20.4. The molecule has 146 valence electrons. The van der Waals surface area contributed by atoms with Crippen LogP contribution in [-0.2, 0) is 11.3 Å². The van der Waals surface area contributed by atoms with Gasteiger partial charge in [0.2, 0.25) is 0 Å². The summed E-state index contributed by atoms with van der Waals surface area (Å²) in [6.07, 6.45) is 2.63. The highest BCUT2D eigenvalue weighted by atomic mass is 16.6. The molecule has 1 aliphatic heterocycles. The average molecular weight is 364 g/mol. The van der Waals surface area contributed by atoms with E-state index >= 15 is 0 Å². The molecule has 2 rings (SSSR count). The standard InChI is InChI=1S/C20H33N3O3/c1-13(2)25-18-11-15(14(12-21)10-16(18)22)17-8-6-7-9-23(17)19(24)26-20(3,4)5/h10-11,13,17H,6-9,12,21-22H2,1-5H3. The highest BCUT2D eigenvalue weighted by molar-refractivity contribution is 5.69. The van der Waals surface area contributed by atoms with E-state index in [4.69, 9.17) is 20.9 Å². The Morgan fingerprint density at radius 2 is 2.00 bits per heavy atom. The maximum absolute atomic E-state index is 12.7. The molecule has 4 N–H and O–H groups in total. The number of anilines is 1. The zero-order chi connectivity index (χ0) is 19.5. The fourth-order valence-corrected chi connectivity index (χ4v) is 3.30. The highest BCUT2D eigenvalue weighted by Crippen LogP contribution is 2.38. The van der Waals surface area contributed by atoms with Crippen LogP contribution in [0.3, 0.4) is 0 Å². The molecule has 0 aromatic heterocycles. The van der Waals surface area contributed by atoms with Gasteiger partial charge in [-0.05, 0) is 77.1 Å². The Hall–Kier alpha value is -1.95. The van der Waals surface area contributed by atoms with Gasteiger partial charge in [0.25, 0.3) is 0 Å². The maximum atomic E-state index is 12.7. The minimum absolute atomic E-state index is 0.0159. The summed E-state index contributed by atoms with van der Waals surface area (Å²) in [6, 6.07) is 3.74. The Labute approximate surface area is 156 Å². The summed E-state index contributed by atoms with van der Waals surface area (Å²) in [6.45, 7) is 10.6. The second-order valence-corrected chi connectivity index (χ2v) is 8.14. The number of hydrogen-bond acceptors (Lipinski definition) is 5. The van der Waals surface area contributed by atoms with Crippen LogP contribution in [0.4, 0.5) is 10.5 Å². The monoisotopic (exact) mass is 363 g/mol. The van der Waals surface area contributed by atoms with Crippen molar-refractivity contribution in [2.45, 2.75) is 78.2 Å². The Morgan fingerprint density at radius 3 is 2.58 bits per heavy atom. The van der Waals surface area contributed by atoms with Crippen molar-refractivity contribution in [3.8, 4) is 5.75 Å². The first-order chi connectivity index (χ1) is 12.1. The van der Waals surface area contributed by atoms with E-state index in [0.29, 0.717) is 24.5 Å². The van der Waals surface area contributed by atoms with Crippen LogP contribution in [0.25, 0.3) is 0 Å². The number of likely N-dealkylation sites (tertiary alicyclic amines) is 1. The molecule has 1 aromatic carbocycles. The molecule has 1 aliphatic rings. The fourth-order valence-electron chi connectivity index (χ4n) is 3.30. The lowest BCUT2D eigenvalue weighted by Gasteiger charge is -2.38.